The highest BCUT2D eigenvalue weighted by atomic mass is 19.4. The highest BCUT2D eigenvalue weighted by Crippen LogP contribution is 2.26. The minimum atomic E-state index is -4.46. The molecule has 0 saturated heterocycles. The van der Waals surface area contributed by atoms with Crippen molar-refractivity contribution >= 4 is 0 Å². The van der Waals surface area contributed by atoms with E-state index in [1.54, 1.807) is 20.8 Å². The molecule has 0 N–H and O–H groups in total. The van der Waals surface area contributed by atoms with Crippen LogP contribution >= 0.6 is 0 Å². The van der Waals surface area contributed by atoms with Crippen LogP contribution in [0.15, 0.2) is 0 Å². The predicted molar refractivity (Wildman–Crippen MR) is 63.9 cm³/mol. The van der Waals surface area contributed by atoms with Crippen molar-refractivity contribution in [1.82, 2.24) is 9.97 Å². The van der Waals surface area contributed by atoms with Gasteiger partial charge in [-0.05, 0) is 26.3 Å². The topological polar surface area (TPSA) is 25.8 Å². The predicted octanol–water partition coefficient (Wildman–Crippen LogP) is 4.47. The van der Waals surface area contributed by atoms with Crippen LogP contribution in [-0.4, -0.2) is 9.97 Å². The van der Waals surface area contributed by atoms with E-state index in [0.717, 1.165) is 0 Å². The number of aromatic nitrogens is 2. The van der Waals surface area contributed by atoms with Gasteiger partial charge in [-0.1, -0.05) is 27.7 Å². The number of aryl methyl sites for hydroxylation is 2. The van der Waals surface area contributed by atoms with E-state index in [4.69, 9.17) is 0 Å². The summed E-state index contributed by atoms with van der Waals surface area (Å²) in [5.74, 6) is -1.06. The second-order valence-electron chi connectivity index (χ2n) is 2.84. The van der Waals surface area contributed by atoms with Crippen LogP contribution in [0.3, 0.4) is 0 Å². The van der Waals surface area contributed by atoms with Crippen LogP contribution in [0.5, 0.6) is 0 Å². The van der Waals surface area contributed by atoms with Gasteiger partial charge < -0.3 is 0 Å². The number of rotatable bonds is 0. The van der Waals surface area contributed by atoms with E-state index in [-0.39, 0.29) is 0 Å². The fourth-order valence-electron chi connectivity index (χ4n) is 0.899. The normalized spacial score (nSPS) is 9.76. The smallest absolute Gasteiger partial charge is 0.229 e. The maximum Gasteiger partial charge on any atom is 0.451 e. The lowest BCUT2D eigenvalue weighted by Crippen LogP contribution is -2.13. The summed E-state index contributed by atoms with van der Waals surface area (Å²) in [7, 11) is 0. The fraction of sp³-hybridized carbons (Fsp3) is 0.667. The molecule has 0 bridgehead atoms. The molecule has 100 valence electrons. The number of hydrogen-bond donors (Lipinski definition) is 0. The first kappa shape index (κ1) is 18.2. The highest BCUT2D eigenvalue weighted by Gasteiger charge is 2.35. The number of halogens is 3. The molecule has 0 radical (unpaired) electrons. The molecule has 0 saturated carbocycles. The lowest BCUT2D eigenvalue weighted by atomic mass is 10.2. The standard InChI is InChI=1S/C8H9F3N2.2C2H6/c1-4-5(2)12-7(8(9,10)11)13-6(4)3;2*1-2/h1-3H3;2*1-2H3. The molecule has 1 aromatic heterocycles. The second-order valence-corrected chi connectivity index (χ2v) is 2.84. The molecule has 0 aliphatic carbocycles. The molecule has 0 aliphatic rings. The molecule has 0 atom stereocenters. The van der Waals surface area contributed by atoms with Crippen molar-refractivity contribution in [1.29, 1.82) is 0 Å². The lowest BCUT2D eigenvalue weighted by Gasteiger charge is -2.08. The third kappa shape index (κ3) is 5.65. The largest absolute Gasteiger partial charge is 0.451 e. The maximum absolute atomic E-state index is 12.2. The van der Waals surface area contributed by atoms with Crippen LogP contribution in [0.1, 0.15) is 50.5 Å². The number of nitrogens with zero attached hydrogens (tertiary/aromatic N) is 2. The summed E-state index contributed by atoms with van der Waals surface area (Å²) in [5, 5.41) is 0. The first-order valence-electron chi connectivity index (χ1n) is 5.71. The Kier molecular flexibility index (Phi) is 8.62. The Morgan fingerprint density at radius 3 is 1.29 bits per heavy atom. The summed E-state index contributed by atoms with van der Waals surface area (Å²) in [6.07, 6.45) is -4.46. The maximum atomic E-state index is 12.2. The minimum absolute atomic E-state index is 0.375. The van der Waals surface area contributed by atoms with E-state index >= 15 is 0 Å². The monoisotopic (exact) mass is 250 g/mol. The Hall–Kier alpha value is -1.13. The van der Waals surface area contributed by atoms with E-state index in [0.29, 0.717) is 17.0 Å². The zero-order chi connectivity index (χ0) is 14.2. The quantitative estimate of drug-likeness (QED) is 0.678. The Bertz CT molecular complexity index is 310. The number of hydrogen-bond acceptors (Lipinski definition) is 2. The first-order chi connectivity index (χ1) is 7.82. The summed E-state index contributed by atoms with van der Waals surface area (Å²) in [5.41, 5.74) is 1.45. The third-order valence-electron chi connectivity index (χ3n) is 1.89. The van der Waals surface area contributed by atoms with Crippen LogP contribution in [0.4, 0.5) is 13.2 Å². The van der Waals surface area contributed by atoms with Crippen molar-refractivity contribution in [2.24, 2.45) is 0 Å². The van der Waals surface area contributed by atoms with Crippen molar-refractivity contribution in [3.05, 3.63) is 22.8 Å². The molecule has 0 fully saturated rings. The van der Waals surface area contributed by atoms with Gasteiger partial charge in [0.25, 0.3) is 0 Å². The Morgan fingerprint density at radius 1 is 0.765 bits per heavy atom. The lowest BCUT2D eigenvalue weighted by molar-refractivity contribution is -0.145. The molecule has 5 heteroatoms. The molecule has 0 spiro atoms. The third-order valence-corrected chi connectivity index (χ3v) is 1.89. The SMILES string of the molecule is CC.CC.Cc1nc(C(F)(F)F)nc(C)c1C. The van der Waals surface area contributed by atoms with Crippen molar-refractivity contribution in [2.45, 2.75) is 54.6 Å². The highest BCUT2D eigenvalue weighted by molar-refractivity contribution is 5.22. The molecular formula is C12H21F3N2. The van der Waals surface area contributed by atoms with Gasteiger partial charge in [0.15, 0.2) is 0 Å². The van der Waals surface area contributed by atoms with Crippen molar-refractivity contribution < 1.29 is 13.2 Å². The van der Waals surface area contributed by atoms with Gasteiger partial charge >= 0.3 is 6.18 Å². The van der Waals surface area contributed by atoms with E-state index in [9.17, 15) is 13.2 Å². The van der Waals surface area contributed by atoms with Crippen LogP contribution < -0.4 is 0 Å². The molecule has 17 heavy (non-hydrogen) atoms. The zero-order valence-electron chi connectivity index (χ0n) is 11.5. The molecule has 0 unspecified atom stereocenters. The van der Waals surface area contributed by atoms with Crippen molar-refractivity contribution in [3.8, 4) is 0 Å². The van der Waals surface area contributed by atoms with Crippen LogP contribution in [0.2, 0.25) is 0 Å². The zero-order valence-corrected chi connectivity index (χ0v) is 11.5. The average Bonchev–Trinajstić information content (AvgIpc) is 2.29. The molecular weight excluding hydrogens is 229 g/mol. The summed E-state index contributed by atoms with van der Waals surface area (Å²) >= 11 is 0. The number of alkyl halides is 3. The molecule has 1 rings (SSSR count). The van der Waals surface area contributed by atoms with Crippen LogP contribution in [0, 0.1) is 20.8 Å². The molecule has 1 aromatic rings. The van der Waals surface area contributed by atoms with Gasteiger partial charge in [0.05, 0.1) is 0 Å². The van der Waals surface area contributed by atoms with Crippen molar-refractivity contribution in [3.63, 3.8) is 0 Å². The van der Waals surface area contributed by atoms with Crippen LogP contribution in [-0.2, 0) is 6.18 Å². The van der Waals surface area contributed by atoms with Gasteiger partial charge in [0, 0.05) is 11.4 Å². The van der Waals surface area contributed by atoms with Gasteiger partial charge in [-0.25, -0.2) is 9.97 Å². The van der Waals surface area contributed by atoms with E-state index < -0.39 is 12.0 Å². The Morgan fingerprint density at radius 2 is 1.06 bits per heavy atom. The Balaban J connectivity index is 0. The van der Waals surface area contributed by atoms with E-state index in [1.165, 1.54) is 0 Å². The molecule has 0 aromatic carbocycles. The second kappa shape index (κ2) is 8.03. The Labute approximate surface area is 101 Å². The summed E-state index contributed by atoms with van der Waals surface area (Å²) in [4.78, 5) is 6.74. The minimum Gasteiger partial charge on any atom is -0.229 e. The summed E-state index contributed by atoms with van der Waals surface area (Å²) in [6.45, 7) is 12.8. The van der Waals surface area contributed by atoms with E-state index in [2.05, 4.69) is 9.97 Å². The molecule has 0 amide bonds. The molecule has 0 aliphatic heterocycles. The molecule has 1 heterocycles. The van der Waals surface area contributed by atoms with Crippen LogP contribution in [0.25, 0.3) is 0 Å². The van der Waals surface area contributed by atoms with Gasteiger partial charge in [0.1, 0.15) is 0 Å². The fourth-order valence-corrected chi connectivity index (χ4v) is 0.899. The van der Waals surface area contributed by atoms with E-state index in [1.807, 2.05) is 27.7 Å². The van der Waals surface area contributed by atoms with Crippen molar-refractivity contribution in [2.75, 3.05) is 0 Å². The first-order valence-corrected chi connectivity index (χ1v) is 5.71. The summed E-state index contributed by atoms with van der Waals surface area (Å²) < 4.78 is 36.5. The van der Waals surface area contributed by atoms with Gasteiger partial charge in [-0.15, -0.1) is 0 Å². The van der Waals surface area contributed by atoms with Gasteiger partial charge in [-0.2, -0.15) is 13.2 Å². The van der Waals surface area contributed by atoms with Gasteiger partial charge in [0.2, 0.25) is 5.82 Å². The molecule has 2 nitrogen and oxygen atoms in total. The average molecular weight is 250 g/mol. The van der Waals surface area contributed by atoms with Gasteiger partial charge in [-0.3, -0.25) is 0 Å². The summed E-state index contributed by atoms with van der Waals surface area (Å²) in [6, 6.07) is 0.